The second-order valence-electron chi connectivity index (χ2n) is 9.16. The summed E-state index contributed by atoms with van der Waals surface area (Å²) in [7, 11) is 3.20. The van der Waals surface area contributed by atoms with Crippen molar-refractivity contribution in [2.24, 2.45) is 0 Å². The molecule has 0 saturated heterocycles. The molecule has 3 rings (SSSR count). The van der Waals surface area contributed by atoms with E-state index in [2.05, 4.69) is 5.32 Å². The summed E-state index contributed by atoms with van der Waals surface area (Å²) in [6.07, 6.45) is 6.43. The summed E-state index contributed by atoms with van der Waals surface area (Å²) >= 11 is 0. The number of amides is 2. The topological polar surface area (TPSA) is 67.9 Å². The van der Waals surface area contributed by atoms with Crippen LogP contribution in [0.4, 0.5) is 0 Å². The van der Waals surface area contributed by atoms with Gasteiger partial charge in [0.2, 0.25) is 11.8 Å². The van der Waals surface area contributed by atoms with Crippen LogP contribution in [0.15, 0.2) is 42.5 Å². The summed E-state index contributed by atoms with van der Waals surface area (Å²) in [5, 5.41) is 3.19. The van der Waals surface area contributed by atoms with Crippen molar-refractivity contribution >= 4 is 11.8 Å². The van der Waals surface area contributed by atoms with Gasteiger partial charge in [0, 0.05) is 19.0 Å². The van der Waals surface area contributed by atoms with Crippen molar-refractivity contribution in [1.29, 1.82) is 0 Å². The van der Waals surface area contributed by atoms with Crippen LogP contribution >= 0.6 is 0 Å². The van der Waals surface area contributed by atoms with Gasteiger partial charge in [0.05, 0.1) is 14.2 Å². The molecule has 0 aromatic heterocycles. The van der Waals surface area contributed by atoms with E-state index in [1.54, 1.807) is 19.1 Å². The molecule has 0 aliphatic heterocycles. The van der Waals surface area contributed by atoms with Crippen LogP contribution in [0, 0.1) is 6.92 Å². The van der Waals surface area contributed by atoms with Gasteiger partial charge in [-0.05, 0) is 61.9 Å². The first-order valence-electron chi connectivity index (χ1n) is 12.3. The third kappa shape index (κ3) is 6.75. The average Bonchev–Trinajstić information content (AvgIpc) is 2.86. The quantitative estimate of drug-likeness (QED) is 0.546. The molecule has 6 nitrogen and oxygen atoms in total. The summed E-state index contributed by atoms with van der Waals surface area (Å²) < 4.78 is 10.7. The van der Waals surface area contributed by atoms with Crippen molar-refractivity contribution in [3.05, 3.63) is 59.2 Å². The lowest BCUT2D eigenvalue weighted by Gasteiger charge is -2.31. The van der Waals surface area contributed by atoms with Gasteiger partial charge in [-0.1, -0.05) is 49.6 Å². The molecule has 34 heavy (non-hydrogen) atoms. The number of hydrogen-bond acceptors (Lipinski definition) is 4. The number of aryl methyl sites for hydroxylation is 2. The number of carbonyl (C=O) groups excluding carboxylic acids is 2. The predicted molar refractivity (Wildman–Crippen MR) is 134 cm³/mol. The zero-order valence-corrected chi connectivity index (χ0v) is 20.9. The van der Waals surface area contributed by atoms with Crippen molar-refractivity contribution in [2.75, 3.05) is 14.2 Å². The van der Waals surface area contributed by atoms with E-state index in [4.69, 9.17) is 9.47 Å². The van der Waals surface area contributed by atoms with E-state index in [1.165, 1.54) is 6.42 Å². The number of nitrogens with one attached hydrogen (secondary N) is 1. The predicted octanol–water partition coefficient (Wildman–Crippen LogP) is 4.81. The fraction of sp³-hybridized carbons (Fsp3) is 0.500. The number of carbonyl (C=O) groups is 2. The van der Waals surface area contributed by atoms with E-state index in [0.717, 1.165) is 42.4 Å². The van der Waals surface area contributed by atoms with Crippen LogP contribution in [0.3, 0.4) is 0 Å². The highest BCUT2D eigenvalue weighted by Gasteiger charge is 2.28. The van der Waals surface area contributed by atoms with Gasteiger partial charge in [-0.3, -0.25) is 9.59 Å². The summed E-state index contributed by atoms with van der Waals surface area (Å²) in [5.74, 6) is 1.19. The molecular weight excluding hydrogens is 428 g/mol. The monoisotopic (exact) mass is 466 g/mol. The summed E-state index contributed by atoms with van der Waals surface area (Å²) in [6, 6.07) is 13.4. The van der Waals surface area contributed by atoms with E-state index in [-0.39, 0.29) is 17.9 Å². The van der Waals surface area contributed by atoms with E-state index in [1.807, 2.05) is 56.3 Å². The minimum Gasteiger partial charge on any atom is -0.493 e. The lowest BCUT2D eigenvalue weighted by atomic mass is 9.95. The Morgan fingerprint density at radius 2 is 1.74 bits per heavy atom. The number of hydrogen-bond donors (Lipinski definition) is 1. The van der Waals surface area contributed by atoms with Gasteiger partial charge in [0.15, 0.2) is 11.5 Å². The number of methoxy groups -OCH3 is 2. The maximum atomic E-state index is 13.4. The number of ether oxygens (including phenoxy) is 2. The largest absolute Gasteiger partial charge is 0.493 e. The molecule has 2 amide bonds. The fourth-order valence-corrected chi connectivity index (χ4v) is 4.55. The lowest BCUT2D eigenvalue weighted by molar-refractivity contribution is -0.141. The molecule has 2 aromatic rings. The Kier molecular flexibility index (Phi) is 9.37. The second-order valence-corrected chi connectivity index (χ2v) is 9.16. The first kappa shape index (κ1) is 25.6. The van der Waals surface area contributed by atoms with Crippen LogP contribution in [0.2, 0.25) is 0 Å². The first-order chi connectivity index (χ1) is 16.4. The van der Waals surface area contributed by atoms with Crippen molar-refractivity contribution in [1.82, 2.24) is 10.2 Å². The van der Waals surface area contributed by atoms with Gasteiger partial charge in [0.1, 0.15) is 6.04 Å². The van der Waals surface area contributed by atoms with Gasteiger partial charge in [-0.15, -0.1) is 0 Å². The Morgan fingerprint density at radius 1 is 1.03 bits per heavy atom. The zero-order chi connectivity index (χ0) is 24.5. The van der Waals surface area contributed by atoms with Crippen LogP contribution in [0.5, 0.6) is 11.5 Å². The molecule has 1 N–H and O–H groups in total. The third-order valence-electron chi connectivity index (χ3n) is 6.80. The van der Waals surface area contributed by atoms with E-state index in [0.29, 0.717) is 30.9 Å². The molecule has 1 saturated carbocycles. The molecule has 1 aliphatic rings. The molecule has 1 aliphatic carbocycles. The Morgan fingerprint density at radius 3 is 2.41 bits per heavy atom. The highest BCUT2D eigenvalue weighted by Crippen LogP contribution is 2.28. The number of benzene rings is 2. The maximum absolute atomic E-state index is 13.4. The Balaban J connectivity index is 1.73. The van der Waals surface area contributed by atoms with Gasteiger partial charge in [-0.25, -0.2) is 0 Å². The molecule has 1 atom stereocenters. The van der Waals surface area contributed by atoms with E-state index < -0.39 is 6.04 Å². The van der Waals surface area contributed by atoms with Crippen molar-refractivity contribution in [3.8, 4) is 11.5 Å². The van der Waals surface area contributed by atoms with E-state index in [9.17, 15) is 9.59 Å². The minimum absolute atomic E-state index is 0.0377. The van der Waals surface area contributed by atoms with Gasteiger partial charge < -0.3 is 19.7 Å². The first-order valence-corrected chi connectivity index (χ1v) is 12.3. The molecule has 1 fully saturated rings. The van der Waals surface area contributed by atoms with Crippen LogP contribution in [0.25, 0.3) is 0 Å². The fourth-order valence-electron chi connectivity index (χ4n) is 4.55. The summed E-state index contributed by atoms with van der Waals surface area (Å²) in [6.45, 7) is 4.29. The number of nitrogens with zero attached hydrogens (tertiary/aromatic N) is 1. The molecular formula is C28H38N2O4. The normalized spacial score (nSPS) is 14.8. The maximum Gasteiger partial charge on any atom is 0.242 e. The van der Waals surface area contributed by atoms with E-state index >= 15 is 0 Å². The standard InChI is InChI=1S/C28H38N2O4/c1-20-10-8-9-11-23(20)19-30(21(2)28(32)29-24-12-6-5-7-13-24)27(31)17-15-22-14-16-25(33-3)26(18-22)34-4/h8-11,14,16,18,21,24H,5-7,12-13,15,17,19H2,1-4H3,(H,29,32)/t21-/m1/s1. The Bertz CT molecular complexity index is 969. The number of rotatable bonds is 10. The molecule has 184 valence electrons. The Hall–Kier alpha value is -3.02. The summed E-state index contributed by atoms with van der Waals surface area (Å²) in [5.41, 5.74) is 3.15. The van der Waals surface area contributed by atoms with Gasteiger partial charge in [-0.2, -0.15) is 0 Å². The highest BCUT2D eigenvalue weighted by molar-refractivity contribution is 5.87. The second kappa shape index (κ2) is 12.4. The zero-order valence-electron chi connectivity index (χ0n) is 20.9. The third-order valence-corrected chi connectivity index (χ3v) is 6.80. The van der Waals surface area contributed by atoms with Gasteiger partial charge in [0.25, 0.3) is 0 Å². The molecule has 6 heteroatoms. The Labute approximate surface area is 203 Å². The molecule has 0 unspecified atom stereocenters. The van der Waals surface area contributed by atoms with Crippen LogP contribution < -0.4 is 14.8 Å². The lowest BCUT2D eigenvalue weighted by Crippen LogP contribution is -2.50. The molecule has 0 bridgehead atoms. The van der Waals surface area contributed by atoms with Crippen LogP contribution in [0.1, 0.15) is 62.1 Å². The van der Waals surface area contributed by atoms with Crippen molar-refractivity contribution < 1.29 is 19.1 Å². The average molecular weight is 467 g/mol. The molecule has 0 radical (unpaired) electrons. The molecule has 2 aromatic carbocycles. The van der Waals surface area contributed by atoms with Crippen LogP contribution in [-0.4, -0.2) is 43.0 Å². The molecule has 0 spiro atoms. The van der Waals surface area contributed by atoms with Crippen molar-refractivity contribution in [2.45, 2.75) is 77.4 Å². The minimum atomic E-state index is -0.542. The SMILES string of the molecule is COc1ccc(CCC(=O)N(Cc2ccccc2C)[C@H](C)C(=O)NC2CCCCC2)cc1OC. The highest BCUT2D eigenvalue weighted by atomic mass is 16.5. The smallest absolute Gasteiger partial charge is 0.242 e. The van der Waals surface area contributed by atoms with Crippen molar-refractivity contribution in [3.63, 3.8) is 0 Å². The van der Waals surface area contributed by atoms with Gasteiger partial charge >= 0.3 is 0 Å². The van der Waals surface area contributed by atoms with Crippen LogP contribution in [-0.2, 0) is 22.6 Å². The summed E-state index contributed by atoms with van der Waals surface area (Å²) in [4.78, 5) is 28.3. The molecule has 0 heterocycles.